The highest BCUT2D eigenvalue weighted by atomic mass is 35.5. The van der Waals surface area contributed by atoms with Crippen LogP contribution in [-0.2, 0) is 6.61 Å². The van der Waals surface area contributed by atoms with Crippen molar-refractivity contribution in [1.82, 2.24) is 0 Å². The average molecular weight is 299 g/mol. The zero-order valence-electron chi connectivity index (χ0n) is 9.70. The Morgan fingerprint density at radius 2 is 1.95 bits per heavy atom. The molecule has 2 rings (SSSR count). The van der Waals surface area contributed by atoms with E-state index in [4.69, 9.17) is 27.9 Å². The summed E-state index contributed by atoms with van der Waals surface area (Å²) in [7, 11) is 0. The molecule has 5 heteroatoms. The molecule has 0 unspecified atom stereocenters. The van der Waals surface area contributed by atoms with Crippen LogP contribution >= 0.6 is 23.2 Å². The number of hydrogen-bond acceptors (Lipinski definition) is 2. The van der Waals surface area contributed by atoms with Crippen LogP contribution in [0.2, 0.25) is 10.0 Å². The number of rotatable bonds is 4. The smallest absolute Gasteiger partial charge is 0.151 e. The van der Waals surface area contributed by atoms with E-state index in [9.17, 15) is 9.18 Å². The van der Waals surface area contributed by atoms with Crippen molar-refractivity contribution >= 4 is 29.5 Å². The third-order valence-corrected chi connectivity index (χ3v) is 3.23. The fraction of sp³-hybridized carbons (Fsp3) is 0.0714. The molecule has 0 heterocycles. The maximum atomic E-state index is 13.5. The van der Waals surface area contributed by atoms with E-state index in [1.54, 1.807) is 12.1 Å². The van der Waals surface area contributed by atoms with Crippen molar-refractivity contribution in [2.75, 3.05) is 0 Å². The normalized spacial score (nSPS) is 10.3. The van der Waals surface area contributed by atoms with Gasteiger partial charge >= 0.3 is 0 Å². The van der Waals surface area contributed by atoms with Gasteiger partial charge in [-0.05, 0) is 30.3 Å². The molecule has 0 spiro atoms. The summed E-state index contributed by atoms with van der Waals surface area (Å²) in [4.78, 5) is 10.6. The average Bonchev–Trinajstić information content (AvgIpc) is 2.38. The molecule has 0 saturated heterocycles. The molecule has 0 atom stereocenters. The van der Waals surface area contributed by atoms with Gasteiger partial charge in [-0.1, -0.05) is 29.3 Å². The number of benzene rings is 2. The molecule has 0 bridgehead atoms. The van der Waals surface area contributed by atoms with Gasteiger partial charge in [-0.3, -0.25) is 4.79 Å². The number of ether oxygens (including phenoxy) is 1. The van der Waals surface area contributed by atoms with E-state index in [2.05, 4.69) is 0 Å². The second-order valence-corrected chi connectivity index (χ2v) is 4.60. The predicted octanol–water partition coefficient (Wildman–Crippen LogP) is 4.52. The molecule has 2 aromatic rings. The van der Waals surface area contributed by atoms with Gasteiger partial charge in [-0.15, -0.1) is 0 Å². The summed E-state index contributed by atoms with van der Waals surface area (Å²) in [5.74, 6) is 0.0121. The summed E-state index contributed by atoms with van der Waals surface area (Å²) in [6.45, 7) is -0.0116. The van der Waals surface area contributed by atoms with Crippen LogP contribution in [-0.4, -0.2) is 6.29 Å². The number of hydrogen-bond donors (Lipinski definition) is 0. The van der Waals surface area contributed by atoms with Crippen LogP contribution in [0.15, 0.2) is 36.4 Å². The van der Waals surface area contributed by atoms with Crippen molar-refractivity contribution in [2.24, 2.45) is 0 Å². The van der Waals surface area contributed by atoms with Crippen molar-refractivity contribution in [2.45, 2.75) is 6.61 Å². The molecule has 0 fully saturated rings. The minimum absolute atomic E-state index is 0.0116. The summed E-state index contributed by atoms with van der Waals surface area (Å²) in [5, 5.41) is 0.586. The van der Waals surface area contributed by atoms with Crippen LogP contribution in [0.1, 0.15) is 15.9 Å². The SMILES string of the molecule is O=Cc1ccc(OCc2c(F)cccc2Cl)cc1Cl. The molecule has 0 aliphatic rings. The Morgan fingerprint density at radius 3 is 2.58 bits per heavy atom. The van der Waals surface area contributed by atoms with Crippen molar-refractivity contribution < 1.29 is 13.9 Å². The first kappa shape index (κ1) is 13.8. The number of aldehydes is 1. The Labute approximate surface area is 119 Å². The largest absolute Gasteiger partial charge is 0.489 e. The van der Waals surface area contributed by atoms with E-state index in [1.165, 1.54) is 24.3 Å². The number of halogens is 3. The van der Waals surface area contributed by atoms with Crippen LogP contribution in [0.3, 0.4) is 0 Å². The van der Waals surface area contributed by atoms with E-state index in [-0.39, 0.29) is 17.2 Å². The Balaban J connectivity index is 2.15. The Bertz CT molecular complexity index is 594. The monoisotopic (exact) mass is 298 g/mol. The topological polar surface area (TPSA) is 26.3 Å². The summed E-state index contributed by atoms with van der Waals surface area (Å²) >= 11 is 11.7. The van der Waals surface area contributed by atoms with Crippen LogP contribution in [0.5, 0.6) is 5.75 Å². The first-order chi connectivity index (χ1) is 9.11. The van der Waals surface area contributed by atoms with Gasteiger partial charge in [0.05, 0.1) is 10.0 Å². The molecule has 2 aromatic carbocycles. The van der Waals surface area contributed by atoms with E-state index in [1.807, 2.05) is 0 Å². The molecule has 0 saturated carbocycles. The van der Waals surface area contributed by atoms with Crippen LogP contribution in [0.4, 0.5) is 4.39 Å². The van der Waals surface area contributed by atoms with Crippen molar-refractivity contribution in [3.05, 3.63) is 63.4 Å². The Hall–Kier alpha value is -1.58. The van der Waals surface area contributed by atoms with Crippen LogP contribution in [0, 0.1) is 5.82 Å². The minimum Gasteiger partial charge on any atom is -0.489 e. The molecule has 0 N–H and O–H groups in total. The van der Waals surface area contributed by atoms with Gasteiger partial charge in [0, 0.05) is 11.1 Å². The van der Waals surface area contributed by atoms with E-state index in [0.717, 1.165) is 0 Å². The van der Waals surface area contributed by atoms with Gasteiger partial charge in [0.25, 0.3) is 0 Å². The van der Waals surface area contributed by atoms with Gasteiger partial charge in [0.15, 0.2) is 6.29 Å². The molecular weight excluding hydrogens is 290 g/mol. The molecule has 0 aliphatic carbocycles. The third-order valence-electron chi connectivity index (χ3n) is 2.54. The Kier molecular flexibility index (Phi) is 4.40. The fourth-order valence-corrected chi connectivity index (χ4v) is 1.95. The standard InChI is InChI=1S/C14H9Cl2FO2/c15-12-2-1-3-14(17)11(12)8-19-10-5-4-9(7-18)13(16)6-10/h1-7H,8H2. The molecule has 0 amide bonds. The maximum absolute atomic E-state index is 13.5. The summed E-state index contributed by atoms with van der Waals surface area (Å²) in [5.41, 5.74) is 0.651. The molecule has 0 aromatic heterocycles. The quantitative estimate of drug-likeness (QED) is 0.776. The lowest BCUT2D eigenvalue weighted by atomic mass is 10.2. The highest BCUT2D eigenvalue weighted by Gasteiger charge is 2.08. The lowest BCUT2D eigenvalue weighted by molar-refractivity contribution is 0.112. The molecule has 0 radical (unpaired) electrons. The number of carbonyl (C=O) groups is 1. The minimum atomic E-state index is -0.428. The second kappa shape index (κ2) is 6.04. The van der Waals surface area contributed by atoms with Crippen LogP contribution in [0.25, 0.3) is 0 Å². The van der Waals surface area contributed by atoms with Gasteiger partial charge in [-0.2, -0.15) is 0 Å². The van der Waals surface area contributed by atoms with Gasteiger partial charge in [0.2, 0.25) is 0 Å². The zero-order chi connectivity index (χ0) is 13.8. The fourth-order valence-electron chi connectivity index (χ4n) is 1.52. The van der Waals surface area contributed by atoms with Crippen molar-refractivity contribution in [3.8, 4) is 5.75 Å². The maximum Gasteiger partial charge on any atom is 0.151 e. The first-order valence-corrected chi connectivity index (χ1v) is 6.18. The zero-order valence-corrected chi connectivity index (χ0v) is 11.2. The number of carbonyl (C=O) groups excluding carboxylic acids is 1. The highest BCUT2D eigenvalue weighted by molar-refractivity contribution is 6.33. The van der Waals surface area contributed by atoms with Crippen molar-refractivity contribution in [1.29, 1.82) is 0 Å². The first-order valence-electron chi connectivity index (χ1n) is 5.42. The van der Waals surface area contributed by atoms with E-state index < -0.39 is 5.82 Å². The van der Waals surface area contributed by atoms with Gasteiger partial charge in [0.1, 0.15) is 18.2 Å². The molecule has 0 aliphatic heterocycles. The van der Waals surface area contributed by atoms with Gasteiger partial charge in [-0.25, -0.2) is 4.39 Å². The lowest BCUT2D eigenvalue weighted by Crippen LogP contribution is -1.99. The van der Waals surface area contributed by atoms with Crippen molar-refractivity contribution in [3.63, 3.8) is 0 Å². The van der Waals surface area contributed by atoms with E-state index >= 15 is 0 Å². The summed E-state index contributed by atoms with van der Waals surface area (Å²) in [6, 6.07) is 9.05. The molecule has 19 heavy (non-hydrogen) atoms. The summed E-state index contributed by atoms with van der Waals surface area (Å²) in [6.07, 6.45) is 0.653. The van der Waals surface area contributed by atoms with Crippen LogP contribution < -0.4 is 4.74 Å². The predicted molar refractivity (Wildman–Crippen MR) is 72.6 cm³/mol. The molecule has 2 nitrogen and oxygen atoms in total. The summed E-state index contributed by atoms with van der Waals surface area (Å²) < 4.78 is 18.9. The Morgan fingerprint density at radius 1 is 1.16 bits per heavy atom. The van der Waals surface area contributed by atoms with E-state index in [0.29, 0.717) is 22.6 Å². The van der Waals surface area contributed by atoms with Gasteiger partial charge < -0.3 is 4.74 Å². The third kappa shape index (κ3) is 3.25. The molecule has 98 valence electrons. The lowest BCUT2D eigenvalue weighted by Gasteiger charge is -2.09. The second-order valence-electron chi connectivity index (χ2n) is 3.79. The highest BCUT2D eigenvalue weighted by Crippen LogP contribution is 2.24. The molecular formula is C14H9Cl2FO2.